The summed E-state index contributed by atoms with van der Waals surface area (Å²) in [5.74, 6) is -0.0833. The fraction of sp³-hybridized carbons (Fsp3) is 0.778. The quantitative estimate of drug-likeness (QED) is 0.502. The summed E-state index contributed by atoms with van der Waals surface area (Å²) in [5, 5.41) is 0. The van der Waals surface area contributed by atoms with Crippen LogP contribution in [0.4, 0.5) is 0 Å². The number of carbonyl (C=O) groups excluding carboxylic acids is 2. The third-order valence-corrected chi connectivity index (χ3v) is 1.58. The van der Waals surface area contributed by atoms with Crippen molar-refractivity contribution < 1.29 is 9.59 Å². The Bertz CT molecular complexity index is 134. The molecule has 0 spiro atoms. The standard InChI is InChI=1S/C6H8O2.C3H8/c1-4-5(7)2-3-6(4)8;1-3-2/h4H,2-3H2,1H3;3H2,1-2H3. The van der Waals surface area contributed by atoms with Crippen LogP contribution >= 0.6 is 0 Å². The van der Waals surface area contributed by atoms with Gasteiger partial charge in [-0.15, -0.1) is 0 Å². The van der Waals surface area contributed by atoms with E-state index in [0.717, 1.165) is 0 Å². The first-order chi connectivity index (χ1) is 5.13. The third kappa shape index (κ3) is 3.30. The van der Waals surface area contributed by atoms with Gasteiger partial charge >= 0.3 is 0 Å². The van der Waals surface area contributed by atoms with Crippen molar-refractivity contribution in [3.63, 3.8) is 0 Å². The van der Waals surface area contributed by atoms with Crippen molar-refractivity contribution in [2.75, 3.05) is 0 Å². The smallest absolute Gasteiger partial charge is 0.143 e. The number of hydrogen-bond donors (Lipinski definition) is 0. The van der Waals surface area contributed by atoms with Gasteiger partial charge < -0.3 is 0 Å². The molecule has 1 aliphatic carbocycles. The van der Waals surface area contributed by atoms with Crippen LogP contribution in [0.25, 0.3) is 0 Å². The summed E-state index contributed by atoms with van der Waals surface area (Å²) in [6, 6.07) is 0. The molecular weight excluding hydrogens is 140 g/mol. The van der Waals surface area contributed by atoms with Crippen molar-refractivity contribution in [3.05, 3.63) is 0 Å². The van der Waals surface area contributed by atoms with Crippen LogP contribution in [0.5, 0.6) is 0 Å². The second kappa shape index (κ2) is 5.05. The van der Waals surface area contributed by atoms with Crippen LogP contribution in [0, 0.1) is 5.92 Å². The topological polar surface area (TPSA) is 34.1 Å². The van der Waals surface area contributed by atoms with E-state index in [9.17, 15) is 9.59 Å². The van der Waals surface area contributed by atoms with E-state index < -0.39 is 0 Å². The van der Waals surface area contributed by atoms with Crippen molar-refractivity contribution in [2.24, 2.45) is 5.92 Å². The van der Waals surface area contributed by atoms with Crippen LogP contribution in [0.3, 0.4) is 0 Å². The minimum atomic E-state index is -0.296. The number of ketones is 2. The first-order valence-corrected chi connectivity index (χ1v) is 4.18. The average molecular weight is 156 g/mol. The predicted octanol–water partition coefficient (Wildman–Crippen LogP) is 1.97. The first kappa shape index (κ1) is 10.3. The number of hydrogen-bond acceptors (Lipinski definition) is 2. The summed E-state index contributed by atoms with van der Waals surface area (Å²) in [7, 11) is 0. The highest BCUT2D eigenvalue weighted by atomic mass is 16.2. The summed E-state index contributed by atoms with van der Waals surface area (Å²) in [5.41, 5.74) is 0. The highest BCUT2D eigenvalue weighted by Gasteiger charge is 2.27. The Morgan fingerprint density at radius 1 is 1.18 bits per heavy atom. The van der Waals surface area contributed by atoms with Crippen molar-refractivity contribution >= 4 is 11.6 Å². The van der Waals surface area contributed by atoms with E-state index >= 15 is 0 Å². The van der Waals surface area contributed by atoms with Gasteiger partial charge in [-0.2, -0.15) is 0 Å². The molecule has 0 aromatic heterocycles. The minimum absolute atomic E-state index is 0.106. The Hall–Kier alpha value is -0.660. The lowest BCUT2D eigenvalue weighted by atomic mass is 10.1. The van der Waals surface area contributed by atoms with E-state index in [1.54, 1.807) is 6.92 Å². The molecule has 0 amide bonds. The molecule has 0 bridgehead atoms. The van der Waals surface area contributed by atoms with Gasteiger partial charge in [0.25, 0.3) is 0 Å². The lowest BCUT2D eigenvalue weighted by Crippen LogP contribution is -2.08. The van der Waals surface area contributed by atoms with Crippen molar-refractivity contribution in [1.82, 2.24) is 0 Å². The van der Waals surface area contributed by atoms with E-state index in [0.29, 0.717) is 12.8 Å². The van der Waals surface area contributed by atoms with E-state index in [4.69, 9.17) is 0 Å². The molecule has 0 radical (unpaired) electrons. The zero-order valence-electron chi connectivity index (χ0n) is 7.52. The predicted molar refractivity (Wildman–Crippen MR) is 44.4 cm³/mol. The summed E-state index contributed by atoms with van der Waals surface area (Å²) >= 11 is 0. The fourth-order valence-electron chi connectivity index (χ4n) is 0.859. The molecule has 0 unspecified atom stereocenters. The molecule has 2 heteroatoms. The van der Waals surface area contributed by atoms with Gasteiger partial charge in [0.15, 0.2) is 0 Å². The Balaban J connectivity index is 0.000000292. The average Bonchev–Trinajstić information content (AvgIpc) is 2.22. The maximum absolute atomic E-state index is 10.6. The SMILES string of the molecule is CC1C(=O)CCC1=O.CCC. The number of Topliss-reactive ketones (excluding diaryl/α,β-unsaturated/α-hetero) is 2. The largest absolute Gasteiger partial charge is 0.299 e. The number of carbonyl (C=O) groups is 2. The zero-order valence-corrected chi connectivity index (χ0v) is 7.52. The summed E-state index contributed by atoms with van der Waals surface area (Å²) < 4.78 is 0. The highest BCUT2D eigenvalue weighted by Crippen LogP contribution is 2.15. The Morgan fingerprint density at radius 3 is 1.55 bits per heavy atom. The first-order valence-electron chi connectivity index (χ1n) is 4.18. The van der Waals surface area contributed by atoms with Crippen molar-refractivity contribution in [3.8, 4) is 0 Å². The summed E-state index contributed by atoms with van der Waals surface area (Å²) in [4.78, 5) is 21.1. The fourth-order valence-corrected chi connectivity index (χ4v) is 0.859. The van der Waals surface area contributed by atoms with Crippen LogP contribution in [0.15, 0.2) is 0 Å². The molecule has 0 N–H and O–H groups in total. The van der Waals surface area contributed by atoms with Crippen LogP contribution in [0.2, 0.25) is 0 Å². The number of rotatable bonds is 0. The summed E-state index contributed by atoms with van der Waals surface area (Å²) in [6.07, 6.45) is 2.19. The molecule has 1 saturated carbocycles. The Labute approximate surface area is 68.0 Å². The normalized spacial score (nSPS) is 18.1. The monoisotopic (exact) mass is 156 g/mol. The van der Waals surface area contributed by atoms with E-state index in [1.165, 1.54) is 6.42 Å². The lowest BCUT2D eigenvalue weighted by molar-refractivity contribution is -0.126. The molecule has 0 heterocycles. The molecule has 1 rings (SSSR count). The molecule has 1 fully saturated rings. The molecule has 2 nitrogen and oxygen atoms in total. The maximum atomic E-state index is 10.6. The Kier molecular flexibility index (Phi) is 4.75. The van der Waals surface area contributed by atoms with Gasteiger partial charge in [-0.3, -0.25) is 9.59 Å². The maximum Gasteiger partial charge on any atom is 0.143 e. The van der Waals surface area contributed by atoms with E-state index in [-0.39, 0.29) is 17.5 Å². The minimum Gasteiger partial charge on any atom is -0.299 e. The molecular formula is C9H16O2. The van der Waals surface area contributed by atoms with Gasteiger partial charge in [0.1, 0.15) is 11.6 Å². The Morgan fingerprint density at radius 2 is 1.45 bits per heavy atom. The molecule has 0 atom stereocenters. The molecule has 0 aliphatic heterocycles. The second-order valence-corrected chi connectivity index (χ2v) is 2.86. The van der Waals surface area contributed by atoms with Gasteiger partial charge in [-0.25, -0.2) is 0 Å². The highest BCUT2D eigenvalue weighted by molar-refractivity contribution is 6.08. The van der Waals surface area contributed by atoms with Gasteiger partial charge in [-0.1, -0.05) is 20.3 Å². The lowest BCUT2D eigenvalue weighted by Gasteiger charge is -1.90. The van der Waals surface area contributed by atoms with Crippen LogP contribution in [0.1, 0.15) is 40.0 Å². The van der Waals surface area contributed by atoms with Gasteiger partial charge in [0.05, 0.1) is 5.92 Å². The molecule has 0 aromatic carbocycles. The van der Waals surface area contributed by atoms with Gasteiger partial charge in [0, 0.05) is 12.8 Å². The van der Waals surface area contributed by atoms with Gasteiger partial charge in [0.2, 0.25) is 0 Å². The molecule has 11 heavy (non-hydrogen) atoms. The van der Waals surface area contributed by atoms with Crippen LogP contribution in [-0.4, -0.2) is 11.6 Å². The molecule has 64 valence electrons. The van der Waals surface area contributed by atoms with Crippen molar-refractivity contribution in [2.45, 2.75) is 40.0 Å². The second-order valence-electron chi connectivity index (χ2n) is 2.86. The third-order valence-electron chi connectivity index (χ3n) is 1.58. The van der Waals surface area contributed by atoms with Gasteiger partial charge in [-0.05, 0) is 6.92 Å². The zero-order chi connectivity index (χ0) is 8.85. The van der Waals surface area contributed by atoms with Crippen LogP contribution < -0.4 is 0 Å². The van der Waals surface area contributed by atoms with E-state index in [1.807, 2.05) is 0 Å². The summed E-state index contributed by atoms with van der Waals surface area (Å²) in [6.45, 7) is 5.93. The molecule has 1 aliphatic rings. The van der Waals surface area contributed by atoms with Crippen molar-refractivity contribution in [1.29, 1.82) is 0 Å². The molecule has 0 saturated heterocycles. The van der Waals surface area contributed by atoms with E-state index in [2.05, 4.69) is 13.8 Å². The van der Waals surface area contributed by atoms with Crippen LogP contribution in [-0.2, 0) is 9.59 Å². The molecule has 0 aromatic rings.